The maximum atomic E-state index is 13.6. The quantitative estimate of drug-likeness (QED) is 0.285. The number of amides is 2. The van der Waals surface area contributed by atoms with Crippen molar-refractivity contribution >= 4 is 23.8 Å². The summed E-state index contributed by atoms with van der Waals surface area (Å²) in [6, 6.07) is 26.4. The van der Waals surface area contributed by atoms with Gasteiger partial charge >= 0.3 is 12.1 Å². The van der Waals surface area contributed by atoms with E-state index in [2.05, 4.69) is 10.6 Å². The van der Waals surface area contributed by atoms with Gasteiger partial charge in [0.1, 0.15) is 12.6 Å². The maximum absolute atomic E-state index is 13.6. The van der Waals surface area contributed by atoms with E-state index in [0.717, 1.165) is 16.7 Å². The molecule has 8 nitrogen and oxygen atoms in total. The number of nitrogens with one attached hydrogen (secondary N) is 2. The predicted octanol–water partition coefficient (Wildman–Crippen LogP) is 4.41. The molecule has 0 radical (unpaired) electrons. The molecule has 0 aromatic heterocycles. The number of hydrogen-bond donors (Lipinski definition) is 2. The standard InChI is InChI=1S/C33H36N2O6/c1-2-40-32(38)27-21-26(27)30(36)28(19-18-23-12-6-3-7-13-23)34-31(37)29(20-24-14-8-4-9-15-24)35-33(39)41-22-25-16-10-5-11-17-25/h3-17,26-29H,2,18-22H2,1H3,(H,34,37)(H,35,39)/t26?,27?,28-,29?/m0/s1. The van der Waals surface area contributed by atoms with E-state index in [1.165, 1.54) is 0 Å². The Balaban J connectivity index is 1.46. The predicted molar refractivity (Wildman–Crippen MR) is 154 cm³/mol. The first-order valence-electron chi connectivity index (χ1n) is 14.0. The van der Waals surface area contributed by atoms with Crippen molar-refractivity contribution in [2.45, 2.75) is 51.3 Å². The number of carbonyl (C=O) groups is 4. The summed E-state index contributed by atoms with van der Waals surface area (Å²) in [5.41, 5.74) is 2.69. The number of esters is 1. The number of ketones is 1. The zero-order chi connectivity index (χ0) is 29.0. The molecule has 4 rings (SSSR count). The third-order valence-electron chi connectivity index (χ3n) is 7.07. The van der Waals surface area contributed by atoms with E-state index in [9.17, 15) is 19.2 Å². The molecule has 4 atom stereocenters. The van der Waals surface area contributed by atoms with Gasteiger partial charge in [-0.3, -0.25) is 14.4 Å². The fraction of sp³-hybridized carbons (Fsp3) is 0.333. The molecule has 214 valence electrons. The molecule has 0 saturated heterocycles. The molecule has 1 aliphatic carbocycles. The minimum absolute atomic E-state index is 0.0570. The van der Waals surface area contributed by atoms with Crippen LogP contribution >= 0.6 is 0 Å². The van der Waals surface area contributed by atoms with Crippen LogP contribution in [-0.4, -0.2) is 42.4 Å². The largest absolute Gasteiger partial charge is 0.466 e. The highest BCUT2D eigenvalue weighted by Gasteiger charge is 2.50. The van der Waals surface area contributed by atoms with E-state index in [1.807, 2.05) is 91.0 Å². The fourth-order valence-corrected chi connectivity index (χ4v) is 4.76. The van der Waals surface area contributed by atoms with Gasteiger partial charge in [-0.1, -0.05) is 91.0 Å². The molecular formula is C33H36N2O6. The van der Waals surface area contributed by atoms with Gasteiger partial charge in [0, 0.05) is 12.3 Å². The van der Waals surface area contributed by atoms with E-state index in [4.69, 9.17) is 9.47 Å². The summed E-state index contributed by atoms with van der Waals surface area (Å²) in [7, 11) is 0. The van der Waals surface area contributed by atoms with Gasteiger partial charge < -0.3 is 20.1 Å². The fourth-order valence-electron chi connectivity index (χ4n) is 4.76. The summed E-state index contributed by atoms with van der Waals surface area (Å²) in [5.74, 6) is -2.05. The van der Waals surface area contributed by atoms with E-state index in [0.29, 0.717) is 19.3 Å². The Hall–Kier alpha value is -4.46. The summed E-state index contributed by atoms with van der Waals surface area (Å²) in [6.45, 7) is 2.03. The number of alkyl carbamates (subject to hydrolysis) is 1. The Morgan fingerprint density at radius 1 is 0.732 bits per heavy atom. The molecule has 3 unspecified atom stereocenters. The molecule has 1 aliphatic rings. The summed E-state index contributed by atoms with van der Waals surface area (Å²) in [5, 5.41) is 5.57. The van der Waals surface area contributed by atoms with Crippen molar-refractivity contribution in [3.8, 4) is 0 Å². The first kappa shape index (κ1) is 29.5. The number of rotatable bonds is 14. The summed E-state index contributed by atoms with van der Waals surface area (Å²) in [6.07, 6.45) is 0.803. The minimum atomic E-state index is -0.979. The molecule has 0 heterocycles. The monoisotopic (exact) mass is 556 g/mol. The number of benzene rings is 3. The molecule has 41 heavy (non-hydrogen) atoms. The SMILES string of the molecule is CCOC(=O)C1CC1C(=O)[C@H](CCc1ccccc1)NC(=O)C(Cc1ccccc1)NC(=O)OCc1ccccc1. The van der Waals surface area contributed by atoms with E-state index in [-0.39, 0.29) is 31.4 Å². The molecule has 0 aliphatic heterocycles. The van der Waals surface area contributed by atoms with Crippen LogP contribution in [-0.2, 0) is 43.3 Å². The van der Waals surface area contributed by atoms with Crippen LogP contribution in [0.4, 0.5) is 4.79 Å². The van der Waals surface area contributed by atoms with Gasteiger partial charge in [-0.05, 0) is 42.9 Å². The number of aryl methyl sites for hydroxylation is 1. The second-order valence-corrected chi connectivity index (χ2v) is 10.1. The van der Waals surface area contributed by atoms with Crippen LogP contribution in [0.1, 0.15) is 36.5 Å². The van der Waals surface area contributed by atoms with Crippen LogP contribution in [0.25, 0.3) is 0 Å². The zero-order valence-corrected chi connectivity index (χ0v) is 23.2. The lowest BCUT2D eigenvalue weighted by Crippen LogP contribution is -2.53. The Labute approximate surface area is 240 Å². The van der Waals surface area contributed by atoms with Gasteiger partial charge in [-0.2, -0.15) is 0 Å². The van der Waals surface area contributed by atoms with Gasteiger partial charge in [0.05, 0.1) is 18.6 Å². The van der Waals surface area contributed by atoms with E-state index < -0.39 is 35.9 Å². The maximum Gasteiger partial charge on any atom is 0.408 e. The number of hydrogen-bond acceptors (Lipinski definition) is 6. The van der Waals surface area contributed by atoms with Gasteiger partial charge in [0.2, 0.25) is 5.91 Å². The van der Waals surface area contributed by atoms with Crippen LogP contribution in [0.2, 0.25) is 0 Å². The highest BCUT2D eigenvalue weighted by atomic mass is 16.5. The summed E-state index contributed by atoms with van der Waals surface area (Å²) in [4.78, 5) is 52.1. The smallest absolute Gasteiger partial charge is 0.408 e. The second-order valence-electron chi connectivity index (χ2n) is 10.1. The normalized spacial score (nSPS) is 17.0. The number of Topliss-reactive ketones (excluding diaryl/α,β-unsaturated/α-hetero) is 1. The van der Waals surface area contributed by atoms with E-state index >= 15 is 0 Å². The molecular weight excluding hydrogens is 520 g/mol. The van der Waals surface area contributed by atoms with Crippen molar-refractivity contribution in [1.82, 2.24) is 10.6 Å². The molecule has 8 heteroatoms. The lowest BCUT2D eigenvalue weighted by atomic mass is 9.98. The van der Waals surface area contributed by atoms with Crippen molar-refractivity contribution in [3.63, 3.8) is 0 Å². The molecule has 1 fully saturated rings. The first-order chi connectivity index (χ1) is 19.9. The van der Waals surface area contributed by atoms with Crippen molar-refractivity contribution in [2.75, 3.05) is 6.61 Å². The summed E-state index contributed by atoms with van der Waals surface area (Å²) >= 11 is 0. The summed E-state index contributed by atoms with van der Waals surface area (Å²) < 4.78 is 10.5. The van der Waals surface area contributed by atoms with Crippen LogP contribution in [0, 0.1) is 11.8 Å². The Morgan fingerprint density at radius 2 is 1.32 bits per heavy atom. The van der Waals surface area contributed by atoms with Crippen LogP contribution in [0.5, 0.6) is 0 Å². The lowest BCUT2D eigenvalue weighted by molar-refractivity contribution is -0.146. The molecule has 3 aromatic carbocycles. The third kappa shape index (κ3) is 9.03. The van der Waals surface area contributed by atoms with E-state index in [1.54, 1.807) is 6.92 Å². The zero-order valence-electron chi connectivity index (χ0n) is 23.2. The molecule has 0 bridgehead atoms. The van der Waals surface area contributed by atoms with Gasteiger partial charge in [0.25, 0.3) is 0 Å². The number of ether oxygens (including phenoxy) is 2. The Kier molecular flexibility index (Phi) is 10.7. The van der Waals surface area contributed by atoms with Crippen molar-refractivity contribution in [1.29, 1.82) is 0 Å². The first-order valence-corrected chi connectivity index (χ1v) is 14.0. The Morgan fingerprint density at radius 3 is 1.93 bits per heavy atom. The topological polar surface area (TPSA) is 111 Å². The van der Waals surface area contributed by atoms with Crippen LogP contribution < -0.4 is 10.6 Å². The highest BCUT2D eigenvalue weighted by Crippen LogP contribution is 2.41. The van der Waals surface area contributed by atoms with Gasteiger partial charge in [-0.15, -0.1) is 0 Å². The molecule has 3 aromatic rings. The highest BCUT2D eigenvalue weighted by molar-refractivity contribution is 5.97. The van der Waals surface area contributed by atoms with Gasteiger partial charge in [0.15, 0.2) is 5.78 Å². The Bertz CT molecular complexity index is 1300. The molecule has 2 N–H and O–H groups in total. The lowest BCUT2D eigenvalue weighted by Gasteiger charge is -2.23. The van der Waals surface area contributed by atoms with Crippen molar-refractivity contribution in [2.24, 2.45) is 11.8 Å². The third-order valence-corrected chi connectivity index (χ3v) is 7.07. The molecule has 0 spiro atoms. The van der Waals surface area contributed by atoms with Gasteiger partial charge in [-0.25, -0.2) is 4.79 Å². The minimum Gasteiger partial charge on any atom is -0.466 e. The second kappa shape index (κ2) is 14.8. The molecule has 1 saturated carbocycles. The average molecular weight is 557 g/mol. The van der Waals surface area contributed by atoms with Crippen molar-refractivity contribution < 1.29 is 28.7 Å². The van der Waals surface area contributed by atoms with Crippen LogP contribution in [0.15, 0.2) is 91.0 Å². The van der Waals surface area contributed by atoms with Crippen molar-refractivity contribution in [3.05, 3.63) is 108 Å². The molecule has 2 amide bonds. The average Bonchev–Trinajstić information content (AvgIpc) is 3.80. The number of carbonyl (C=O) groups excluding carboxylic acids is 4. The van der Waals surface area contributed by atoms with Crippen LogP contribution in [0.3, 0.4) is 0 Å².